The molecule has 0 radical (unpaired) electrons. The van der Waals surface area contributed by atoms with Crippen LogP contribution in [0.25, 0.3) is 6.08 Å². The van der Waals surface area contributed by atoms with Gasteiger partial charge in [0.05, 0.1) is 14.2 Å². The van der Waals surface area contributed by atoms with E-state index in [1.54, 1.807) is 31.3 Å². The fraction of sp³-hybridized carbons (Fsp3) is 0.333. The fourth-order valence-electron chi connectivity index (χ4n) is 7.96. The number of methoxy groups -OCH3 is 2. The van der Waals surface area contributed by atoms with Crippen LogP contribution in [-0.2, 0) is 20.4 Å². The van der Waals surface area contributed by atoms with Gasteiger partial charge in [-0.15, -0.1) is 0 Å². The van der Waals surface area contributed by atoms with Gasteiger partial charge in [0.15, 0.2) is 0 Å². The van der Waals surface area contributed by atoms with Crippen molar-refractivity contribution in [3.05, 3.63) is 101 Å². The summed E-state index contributed by atoms with van der Waals surface area (Å²) in [5.41, 5.74) is 1.90. The first kappa shape index (κ1) is 25.2. The number of para-hydroxylation sites is 1. The number of carbonyl (C=O) groups excluding carboxylic acids is 1. The SMILES string of the molecule is COc1ccc([C@@]23CC[C@@](C)(c4ccccc42)[C@@]2(C(=O)O)CN(C(=O)/C=C/c4ccccc4OC)C[C@@H]32)cc1. The zero-order valence-corrected chi connectivity index (χ0v) is 22.5. The molecule has 3 aromatic rings. The molecule has 4 atom stereocenters. The Morgan fingerprint density at radius 3 is 2.31 bits per heavy atom. The van der Waals surface area contributed by atoms with Gasteiger partial charge in [0, 0.05) is 41.5 Å². The van der Waals surface area contributed by atoms with E-state index in [0.717, 1.165) is 35.3 Å². The van der Waals surface area contributed by atoms with Gasteiger partial charge in [-0.05, 0) is 53.8 Å². The minimum atomic E-state index is -1.12. The predicted octanol–water partition coefficient (Wildman–Crippen LogP) is 5.30. The van der Waals surface area contributed by atoms with Gasteiger partial charge in [0.2, 0.25) is 5.91 Å². The second-order valence-electron chi connectivity index (χ2n) is 11.2. The van der Waals surface area contributed by atoms with Crippen LogP contribution in [0.1, 0.15) is 42.0 Å². The molecule has 1 saturated carbocycles. The first-order valence-electron chi connectivity index (χ1n) is 13.4. The third-order valence-corrected chi connectivity index (χ3v) is 9.88. The molecule has 3 aliphatic carbocycles. The number of carboxylic acids is 1. The van der Waals surface area contributed by atoms with Crippen LogP contribution in [0.15, 0.2) is 78.9 Å². The van der Waals surface area contributed by atoms with Crippen molar-refractivity contribution >= 4 is 18.0 Å². The highest BCUT2D eigenvalue weighted by atomic mass is 16.5. The Morgan fingerprint density at radius 2 is 1.62 bits per heavy atom. The Bertz CT molecular complexity index is 1480. The smallest absolute Gasteiger partial charge is 0.312 e. The number of likely N-dealkylation sites (tertiary alicyclic amines) is 1. The molecular weight excluding hydrogens is 490 g/mol. The molecule has 6 nitrogen and oxygen atoms in total. The van der Waals surface area contributed by atoms with Crippen LogP contribution in [0.5, 0.6) is 11.5 Å². The van der Waals surface area contributed by atoms with Crippen LogP contribution >= 0.6 is 0 Å². The van der Waals surface area contributed by atoms with E-state index in [9.17, 15) is 14.7 Å². The number of fused-ring (bicyclic) bond motifs is 1. The molecule has 1 heterocycles. The maximum atomic E-state index is 13.7. The Morgan fingerprint density at radius 1 is 0.923 bits per heavy atom. The van der Waals surface area contributed by atoms with Crippen molar-refractivity contribution in [2.24, 2.45) is 11.3 Å². The van der Waals surface area contributed by atoms with Crippen molar-refractivity contribution in [3.8, 4) is 11.5 Å². The Hall–Kier alpha value is -4.06. The van der Waals surface area contributed by atoms with E-state index in [-0.39, 0.29) is 18.4 Å². The van der Waals surface area contributed by atoms with E-state index in [1.807, 2.05) is 48.5 Å². The number of nitrogens with zero attached hydrogens (tertiary/aromatic N) is 1. The average molecular weight is 524 g/mol. The summed E-state index contributed by atoms with van der Waals surface area (Å²) in [4.78, 5) is 28.9. The van der Waals surface area contributed by atoms with Crippen LogP contribution in [-0.4, -0.2) is 49.2 Å². The highest BCUT2D eigenvalue weighted by molar-refractivity contribution is 5.94. The highest BCUT2D eigenvalue weighted by Crippen LogP contribution is 2.71. The van der Waals surface area contributed by atoms with Gasteiger partial charge in [0.1, 0.15) is 16.9 Å². The normalized spacial score (nSPS) is 28.7. The minimum absolute atomic E-state index is 0.171. The van der Waals surface area contributed by atoms with E-state index in [1.165, 1.54) is 5.56 Å². The molecule has 7 rings (SSSR count). The van der Waals surface area contributed by atoms with Crippen molar-refractivity contribution in [2.75, 3.05) is 27.3 Å². The molecule has 39 heavy (non-hydrogen) atoms. The number of amides is 1. The predicted molar refractivity (Wildman–Crippen MR) is 149 cm³/mol. The first-order valence-corrected chi connectivity index (χ1v) is 13.4. The Labute approximate surface area is 228 Å². The third-order valence-electron chi connectivity index (χ3n) is 9.88. The number of hydrogen-bond donors (Lipinski definition) is 1. The van der Waals surface area contributed by atoms with Crippen LogP contribution in [0.4, 0.5) is 0 Å². The number of rotatable bonds is 6. The maximum absolute atomic E-state index is 13.7. The second-order valence-corrected chi connectivity index (χ2v) is 11.2. The van der Waals surface area contributed by atoms with Gasteiger partial charge in [-0.25, -0.2) is 0 Å². The minimum Gasteiger partial charge on any atom is -0.497 e. The monoisotopic (exact) mass is 523 g/mol. The number of ether oxygens (including phenoxy) is 2. The molecule has 1 amide bonds. The summed E-state index contributed by atoms with van der Waals surface area (Å²) in [6.07, 6.45) is 4.85. The van der Waals surface area contributed by atoms with Gasteiger partial charge < -0.3 is 19.5 Å². The van der Waals surface area contributed by atoms with E-state index in [4.69, 9.17) is 9.47 Å². The number of aliphatic carboxylic acids is 1. The zero-order valence-electron chi connectivity index (χ0n) is 22.5. The standard InChI is InChI=1S/C33H33NO5/c1-31-18-19-32(26-10-6-5-9-25(26)31,23-13-15-24(38-2)16-14-23)28-20-34(21-33(28,31)30(36)37)29(35)17-12-22-8-4-7-11-27(22)39-3/h4-17,28H,18-21H2,1-3H3,(H,36,37)/b17-12+/t28-,31-,32-,33-/m0/s1. The lowest BCUT2D eigenvalue weighted by molar-refractivity contribution is -0.164. The molecular formula is C33H33NO5. The molecule has 0 unspecified atom stereocenters. The first-order chi connectivity index (χ1) is 18.8. The lowest BCUT2D eigenvalue weighted by Gasteiger charge is -2.64. The lowest BCUT2D eigenvalue weighted by Crippen LogP contribution is -2.67. The van der Waals surface area contributed by atoms with Crippen LogP contribution < -0.4 is 9.47 Å². The molecule has 1 aliphatic heterocycles. The molecule has 1 N–H and O–H groups in total. The fourth-order valence-corrected chi connectivity index (χ4v) is 7.96. The molecule has 200 valence electrons. The highest BCUT2D eigenvalue weighted by Gasteiger charge is 2.75. The van der Waals surface area contributed by atoms with Gasteiger partial charge in [-0.3, -0.25) is 9.59 Å². The van der Waals surface area contributed by atoms with E-state index < -0.39 is 22.2 Å². The van der Waals surface area contributed by atoms with Gasteiger partial charge >= 0.3 is 5.97 Å². The molecule has 2 fully saturated rings. The summed E-state index contributed by atoms with van der Waals surface area (Å²) in [7, 11) is 3.24. The number of carboxylic acid groups (broad SMARTS) is 1. The van der Waals surface area contributed by atoms with E-state index in [0.29, 0.717) is 12.3 Å². The van der Waals surface area contributed by atoms with E-state index >= 15 is 0 Å². The lowest BCUT2D eigenvalue weighted by atomic mass is 9.37. The quantitative estimate of drug-likeness (QED) is 0.444. The maximum Gasteiger partial charge on any atom is 0.312 e. The summed E-state index contributed by atoms with van der Waals surface area (Å²) in [5.74, 6) is 0.138. The van der Waals surface area contributed by atoms with Crippen LogP contribution in [0, 0.1) is 11.3 Å². The molecule has 1 saturated heterocycles. The Balaban J connectivity index is 1.48. The van der Waals surface area contributed by atoms with Crippen molar-refractivity contribution in [1.82, 2.24) is 4.90 Å². The molecule has 0 aromatic heterocycles. The summed E-state index contributed by atoms with van der Waals surface area (Å²) >= 11 is 0. The number of benzene rings is 3. The van der Waals surface area contributed by atoms with Gasteiger partial charge in [-0.1, -0.05) is 61.5 Å². The second kappa shape index (κ2) is 9.01. The Kier molecular flexibility index (Phi) is 5.83. The number of carbonyl (C=O) groups is 2. The zero-order chi connectivity index (χ0) is 27.4. The topological polar surface area (TPSA) is 76.1 Å². The van der Waals surface area contributed by atoms with Crippen molar-refractivity contribution < 1.29 is 24.2 Å². The molecule has 6 heteroatoms. The average Bonchev–Trinajstić information content (AvgIpc) is 3.41. The van der Waals surface area contributed by atoms with Crippen LogP contribution in [0.2, 0.25) is 0 Å². The largest absolute Gasteiger partial charge is 0.497 e. The number of hydrogen-bond acceptors (Lipinski definition) is 4. The third kappa shape index (κ3) is 3.33. The molecule has 0 spiro atoms. The van der Waals surface area contributed by atoms with Gasteiger partial charge in [-0.2, -0.15) is 0 Å². The van der Waals surface area contributed by atoms with Crippen molar-refractivity contribution in [2.45, 2.75) is 30.6 Å². The van der Waals surface area contributed by atoms with Crippen molar-refractivity contribution in [1.29, 1.82) is 0 Å². The molecule has 4 aliphatic rings. The van der Waals surface area contributed by atoms with E-state index in [2.05, 4.69) is 31.2 Å². The van der Waals surface area contributed by atoms with Gasteiger partial charge in [0.25, 0.3) is 0 Å². The summed E-state index contributed by atoms with van der Waals surface area (Å²) < 4.78 is 10.9. The van der Waals surface area contributed by atoms with Crippen LogP contribution in [0.3, 0.4) is 0 Å². The summed E-state index contributed by atoms with van der Waals surface area (Å²) in [5, 5.41) is 11.0. The summed E-state index contributed by atoms with van der Waals surface area (Å²) in [6, 6.07) is 23.9. The summed E-state index contributed by atoms with van der Waals surface area (Å²) in [6.45, 7) is 2.64. The molecule has 3 aromatic carbocycles. The van der Waals surface area contributed by atoms with Crippen molar-refractivity contribution in [3.63, 3.8) is 0 Å². The molecule has 2 bridgehead atoms.